The van der Waals surface area contributed by atoms with Crippen molar-refractivity contribution in [1.82, 2.24) is 14.9 Å². The smallest absolute Gasteiger partial charge is 0.339 e. The van der Waals surface area contributed by atoms with Crippen LogP contribution < -0.4 is 4.74 Å². The van der Waals surface area contributed by atoms with Crippen molar-refractivity contribution in [3.05, 3.63) is 113 Å². The molecule has 1 N–H and O–H groups in total. The normalized spacial score (nSPS) is 13.1. The van der Waals surface area contributed by atoms with Gasteiger partial charge in [-0.15, -0.1) is 0 Å². The van der Waals surface area contributed by atoms with Gasteiger partial charge in [0.25, 0.3) is 0 Å². The number of carboxylic acid groups (broad SMARTS) is 1. The second kappa shape index (κ2) is 15.2. The fraction of sp³-hybridized carbons (Fsp3) is 0.333. The molecule has 1 aliphatic heterocycles. The van der Waals surface area contributed by atoms with Crippen LogP contribution in [0.2, 0.25) is 0 Å². The number of aromatic carboxylic acids is 1. The molecule has 7 nitrogen and oxygen atoms in total. The zero-order chi connectivity index (χ0) is 29.0. The maximum atomic E-state index is 11.9. The molecule has 0 saturated heterocycles. The summed E-state index contributed by atoms with van der Waals surface area (Å²) in [7, 11) is 0. The predicted octanol–water partition coefficient (Wildman–Crippen LogP) is 7.58. The summed E-state index contributed by atoms with van der Waals surface area (Å²) in [4.78, 5) is 27.2. The van der Waals surface area contributed by atoms with Crippen LogP contribution in [0.25, 0.3) is 0 Å². The number of aromatic nitrogens is 2. The Morgan fingerprint density at radius 3 is 2.46 bits per heavy atom. The Kier molecular flexibility index (Phi) is 11.1. The fourth-order valence-electron chi connectivity index (χ4n) is 4.46. The van der Waals surface area contributed by atoms with Gasteiger partial charge >= 0.3 is 5.97 Å². The van der Waals surface area contributed by atoms with Gasteiger partial charge in [0.2, 0.25) is 0 Å². The molecule has 214 valence electrons. The third-order valence-corrected chi connectivity index (χ3v) is 7.85. The van der Waals surface area contributed by atoms with Crippen molar-refractivity contribution in [1.29, 1.82) is 0 Å². The first-order valence-electron chi connectivity index (χ1n) is 14.1. The van der Waals surface area contributed by atoms with E-state index in [9.17, 15) is 9.90 Å². The number of ether oxygens (including phenoxy) is 1. The van der Waals surface area contributed by atoms with Crippen molar-refractivity contribution in [3.63, 3.8) is 0 Å². The van der Waals surface area contributed by atoms with Crippen molar-refractivity contribution < 1.29 is 14.6 Å². The third-order valence-electron chi connectivity index (χ3n) is 6.79. The van der Waals surface area contributed by atoms with E-state index >= 15 is 0 Å². The Balaban J connectivity index is 1.54. The lowest BCUT2D eigenvalue weighted by Gasteiger charge is -2.28. The van der Waals surface area contributed by atoms with E-state index in [1.807, 2.05) is 12.1 Å². The number of aryl methyl sites for hydroxylation is 1. The Morgan fingerprint density at radius 1 is 1.00 bits per heavy atom. The van der Waals surface area contributed by atoms with Crippen molar-refractivity contribution in [2.75, 3.05) is 6.61 Å². The highest BCUT2D eigenvalue weighted by atomic mass is 32.2. The quantitative estimate of drug-likeness (QED) is 0.200. The van der Waals surface area contributed by atoms with Crippen molar-refractivity contribution in [3.8, 4) is 5.75 Å². The van der Waals surface area contributed by atoms with E-state index in [-0.39, 0.29) is 5.56 Å². The van der Waals surface area contributed by atoms with Gasteiger partial charge in [0.15, 0.2) is 5.17 Å². The van der Waals surface area contributed by atoms with Crippen LogP contribution in [-0.4, -0.2) is 37.7 Å². The summed E-state index contributed by atoms with van der Waals surface area (Å²) in [6, 6.07) is 13.8. The molecule has 0 amide bonds. The van der Waals surface area contributed by atoms with Crippen LogP contribution in [0.5, 0.6) is 5.75 Å². The summed E-state index contributed by atoms with van der Waals surface area (Å²) in [6.07, 6.45) is 13.3. The second-order valence-electron chi connectivity index (χ2n) is 10.2. The first kappa shape index (κ1) is 30.1. The summed E-state index contributed by atoms with van der Waals surface area (Å²) >= 11 is 1.65. The number of allylic oxidation sites excluding steroid dienone is 1. The molecule has 0 radical (unpaired) electrons. The maximum Gasteiger partial charge on any atom is 0.339 e. The van der Waals surface area contributed by atoms with Gasteiger partial charge in [-0.3, -0.25) is 0 Å². The van der Waals surface area contributed by atoms with Crippen molar-refractivity contribution in [2.24, 2.45) is 4.99 Å². The van der Waals surface area contributed by atoms with E-state index in [1.165, 1.54) is 30.3 Å². The number of aliphatic imine (C=N–C) groups is 1. The molecule has 0 saturated carbocycles. The van der Waals surface area contributed by atoms with Gasteiger partial charge < -0.3 is 14.7 Å². The van der Waals surface area contributed by atoms with Gasteiger partial charge in [0, 0.05) is 37.3 Å². The number of amidine groups is 1. The largest absolute Gasteiger partial charge is 0.493 e. The lowest BCUT2D eigenvalue weighted by Crippen LogP contribution is -2.27. The molecule has 2 heterocycles. The number of carbonyl (C=O) groups is 1. The van der Waals surface area contributed by atoms with E-state index in [0.717, 1.165) is 46.9 Å². The highest BCUT2D eigenvalue weighted by Crippen LogP contribution is 2.30. The van der Waals surface area contributed by atoms with E-state index in [0.29, 0.717) is 31.0 Å². The molecule has 41 heavy (non-hydrogen) atoms. The summed E-state index contributed by atoms with van der Waals surface area (Å²) in [5.74, 6) is 0.182. The van der Waals surface area contributed by atoms with E-state index in [2.05, 4.69) is 65.8 Å². The van der Waals surface area contributed by atoms with Crippen LogP contribution in [0.1, 0.15) is 71.6 Å². The molecule has 1 aromatic heterocycles. The Labute approximate surface area is 247 Å². The average molecular weight is 571 g/mol. The monoisotopic (exact) mass is 570 g/mol. The number of benzene rings is 2. The zero-order valence-corrected chi connectivity index (χ0v) is 24.7. The van der Waals surface area contributed by atoms with Crippen molar-refractivity contribution >= 4 is 22.9 Å². The topological polar surface area (TPSA) is 87.9 Å². The van der Waals surface area contributed by atoms with Gasteiger partial charge in [-0.1, -0.05) is 86.8 Å². The average Bonchev–Trinajstić information content (AvgIpc) is 2.97. The predicted molar refractivity (Wildman–Crippen MR) is 166 cm³/mol. The van der Waals surface area contributed by atoms with Gasteiger partial charge in [-0.05, 0) is 47.7 Å². The molecular weight excluding hydrogens is 532 g/mol. The highest BCUT2D eigenvalue weighted by Gasteiger charge is 2.21. The molecule has 0 bridgehead atoms. The zero-order valence-electron chi connectivity index (χ0n) is 23.9. The lowest BCUT2D eigenvalue weighted by molar-refractivity contribution is 0.0692. The Bertz CT molecular complexity index is 1390. The standard InChI is InChI=1S/C33H38N4O3S/c1-4-5-6-7-8-15-40-31-17-27(13-14-30(31)32(38)39)20-37-21-29(16-28-18-34-23-35-19-28)25(3)36-33(37)41-22-26-11-9-24(2)10-12-26/h9-14,17-19,21,23H,3-8,15-16,20,22H2,1-2H3,(H,38,39). The second-order valence-corrected chi connectivity index (χ2v) is 11.2. The summed E-state index contributed by atoms with van der Waals surface area (Å²) in [6.45, 7) is 9.51. The number of rotatable bonds is 14. The minimum atomic E-state index is -0.991. The first-order chi connectivity index (χ1) is 19.9. The number of thioether (sulfide) groups is 1. The summed E-state index contributed by atoms with van der Waals surface area (Å²) < 4.78 is 5.99. The molecule has 0 atom stereocenters. The van der Waals surface area contributed by atoms with Gasteiger partial charge in [-0.25, -0.2) is 19.8 Å². The maximum absolute atomic E-state index is 11.9. The summed E-state index contributed by atoms with van der Waals surface area (Å²) in [5, 5.41) is 10.6. The van der Waals surface area contributed by atoms with Gasteiger partial charge in [-0.2, -0.15) is 0 Å². The van der Waals surface area contributed by atoms with Crippen LogP contribution in [0, 0.1) is 6.92 Å². The number of hydrogen-bond acceptors (Lipinski definition) is 7. The fourth-order valence-corrected chi connectivity index (χ4v) is 5.41. The van der Waals surface area contributed by atoms with E-state index in [4.69, 9.17) is 9.73 Å². The molecule has 0 unspecified atom stereocenters. The van der Waals surface area contributed by atoms with Crippen LogP contribution >= 0.6 is 11.8 Å². The molecule has 1 aliphatic rings. The first-order valence-corrected chi connectivity index (χ1v) is 15.1. The molecule has 4 rings (SSSR count). The molecule has 0 spiro atoms. The summed E-state index contributed by atoms with van der Waals surface area (Å²) in [5.41, 5.74) is 6.22. The number of unbranched alkanes of at least 4 members (excludes halogenated alkanes) is 4. The SMILES string of the molecule is C=C1N=C(SCc2ccc(C)cc2)N(Cc2ccc(C(=O)O)c(OCCCCCCC)c2)C=C1Cc1cncnc1. The van der Waals surface area contributed by atoms with Gasteiger partial charge in [0.1, 0.15) is 17.6 Å². The minimum absolute atomic E-state index is 0.178. The minimum Gasteiger partial charge on any atom is -0.493 e. The molecule has 8 heteroatoms. The highest BCUT2D eigenvalue weighted by molar-refractivity contribution is 8.13. The van der Waals surface area contributed by atoms with E-state index < -0.39 is 5.97 Å². The molecule has 0 aliphatic carbocycles. The lowest BCUT2D eigenvalue weighted by atomic mass is 10.1. The number of nitrogens with zero attached hydrogens (tertiary/aromatic N) is 4. The van der Waals surface area contributed by atoms with Crippen LogP contribution in [0.3, 0.4) is 0 Å². The Morgan fingerprint density at radius 2 is 1.73 bits per heavy atom. The van der Waals surface area contributed by atoms with Crippen LogP contribution in [0.15, 0.2) is 90.2 Å². The number of hydrogen-bond donors (Lipinski definition) is 1. The third kappa shape index (κ3) is 9.05. The molecule has 0 fully saturated rings. The van der Waals surface area contributed by atoms with Gasteiger partial charge in [0.05, 0.1) is 12.3 Å². The van der Waals surface area contributed by atoms with E-state index in [1.54, 1.807) is 30.2 Å². The number of carboxylic acids is 1. The Hall–Kier alpha value is -3.91. The molecular formula is C33H38N4O3S. The molecule has 3 aromatic rings. The van der Waals surface area contributed by atoms with Crippen molar-refractivity contribution in [2.45, 2.75) is 64.7 Å². The van der Waals surface area contributed by atoms with Crippen LogP contribution in [0.4, 0.5) is 0 Å². The molecule has 2 aromatic carbocycles. The van der Waals surface area contributed by atoms with Crippen LogP contribution in [-0.2, 0) is 18.7 Å².